The Balaban J connectivity index is 1.98. The average Bonchev–Trinajstić information content (AvgIpc) is 3.01. The molecule has 0 spiro atoms. The van der Waals surface area contributed by atoms with E-state index in [-0.39, 0.29) is 0 Å². The van der Waals surface area contributed by atoms with Gasteiger partial charge in [-0.2, -0.15) is 5.10 Å². The number of hydrogen-bond acceptors (Lipinski definition) is 2. The van der Waals surface area contributed by atoms with Gasteiger partial charge in [0.2, 0.25) is 0 Å². The van der Waals surface area contributed by atoms with E-state index in [2.05, 4.69) is 24.4 Å². The summed E-state index contributed by atoms with van der Waals surface area (Å²) in [7, 11) is 4.09. The Labute approximate surface area is 121 Å². The molecule has 0 aliphatic heterocycles. The molecule has 1 N–H and O–H groups in total. The Kier molecular flexibility index (Phi) is 5.28. The van der Waals surface area contributed by atoms with Gasteiger partial charge >= 0.3 is 0 Å². The van der Waals surface area contributed by atoms with Gasteiger partial charge in [-0.1, -0.05) is 31.4 Å². The second-order valence-electron chi connectivity index (χ2n) is 5.66. The van der Waals surface area contributed by atoms with Crippen molar-refractivity contribution >= 4 is 11.6 Å². The summed E-state index contributed by atoms with van der Waals surface area (Å²) in [6, 6.07) is 0.624. The van der Waals surface area contributed by atoms with Gasteiger partial charge in [-0.3, -0.25) is 4.68 Å². The molecule has 1 fully saturated rings. The monoisotopic (exact) mass is 283 g/mol. The van der Waals surface area contributed by atoms with Crippen LogP contribution in [0.4, 0.5) is 0 Å². The third kappa shape index (κ3) is 3.32. The summed E-state index contributed by atoms with van der Waals surface area (Å²) < 4.78 is 1.96. The Bertz CT molecular complexity index is 408. The van der Waals surface area contributed by atoms with Crippen molar-refractivity contribution < 1.29 is 0 Å². The lowest BCUT2D eigenvalue weighted by Gasteiger charge is -2.22. The minimum Gasteiger partial charge on any atom is -0.317 e. The lowest BCUT2D eigenvalue weighted by atomic mass is 9.93. The molecular formula is C15H26ClN3. The first kappa shape index (κ1) is 14.9. The van der Waals surface area contributed by atoms with E-state index < -0.39 is 0 Å². The van der Waals surface area contributed by atoms with Crippen LogP contribution in [0.3, 0.4) is 0 Å². The number of hydrogen-bond donors (Lipinski definition) is 1. The van der Waals surface area contributed by atoms with Gasteiger partial charge in [0.05, 0.1) is 16.4 Å². The zero-order chi connectivity index (χ0) is 13.8. The van der Waals surface area contributed by atoms with Crippen molar-refractivity contribution in [1.29, 1.82) is 0 Å². The quantitative estimate of drug-likeness (QED) is 0.868. The van der Waals surface area contributed by atoms with E-state index in [1.54, 1.807) is 0 Å². The lowest BCUT2D eigenvalue weighted by molar-refractivity contribution is 0.357. The SMILES string of the molecule is CCc1nn(C)c(CCC(NC)C2CCCC2)c1Cl. The van der Waals surface area contributed by atoms with Crippen LogP contribution in [0.25, 0.3) is 0 Å². The topological polar surface area (TPSA) is 29.9 Å². The van der Waals surface area contributed by atoms with Crippen molar-refractivity contribution in [3.63, 3.8) is 0 Å². The van der Waals surface area contributed by atoms with Gasteiger partial charge < -0.3 is 5.32 Å². The van der Waals surface area contributed by atoms with Crippen molar-refractivity contribution in [1.82, 2.24) is 15.1 Å². The molecule has 1 unspecified atom stereocenters. The molecule has 3 nitrogen and oxygen atoms in total. The number of rotatable bonds is 6. The highest BCUT2D eigenvalue weighted by Crippen LogP contribution is 2.30. The molecule has 0 amide bonds. The first-order valence-electron chi connectivity index (χ1n) is 7.54. The Morgan fingerprint density at radius 3 is 2.63 bits per heavy atom. The van der Waals surface area contributed by atoms with Crippen molar-refractivity contribution in [2.24, 2.45) is 13.0 Å². The third-order valence-electron chi connectivity index (χ3n) is 4.53. The summed E-state index contributed by atoms with van der Waals surface area (Å²) >= 11 is 6.41. The highest BCUT2D eigenvalue weighted by atomic mass is 35.5. The molecule has 0 saturated heterocycles. The van der Waals surface area contributed by atoms with E-state index in [1.165, 1.54) is 31.4 Å². The molecule has 19 heavy (non-hydrogen) atoms. The van der Waals surface area contributed by atoms with Crippen molar-refractivity contribution in [2.45, 2.75) is 57.9 Å². The van der Waals surface area contributed by atoms with Crippen LogP contribution in [0, 0.1) is 5.92 Å². The fourth-order valence-electron chi connectivity index (χ4n) is 3.36. The van der Waals surface area contributed by atoms with Crippen molar-refractivity contribution in [3.8, 4) is 0 Å². The van der Waals surface area contributed by atoms with Gasteiger partial charge in [-0.25, -0.2) is 0 Å². The fourth-order valence-corrected chi connectivity index (χ4v) is 3.75. The first-order chi connectivity index (χ1) is 9.17. The van der Waals surface area contributed by atoms with Gasteiger partial charge in [-0.15, -0.1) is 0 Å². The molecule has 0 aromatic carbocycles. The average molecular weight is 284 g/mol. The molecule has 1 aliphatic carbocycles. The van der Waals surface area contributed by atoms with Crippen LogP contribution >= 0.6 is 11.6 Å². The predicted molar refractivity (Wildman–Crippen MR) is 80.7 cm³/mol. The highest BCUT2D eigenvalue weighted by molar-refractivity contribution is 6.31. The molecule has 1 atom stereocenters. The number of nitrogens with zero attached hydrogens (tertiary/aromatic N) is 2. The predicted octanol–water partition coefficient (Wildman–Crippen LogP) is 3.35. The first-order valence-corrected chi connectivity index (χ1v) is 7.92. The van der Waals surface area contributed by atoms with Crippen LogP contribution in [0.1, 0.15) is 50.4 Å². The smallest absolute Gasteiger partial charge is 0.0849 e. The lowest BCUT2D eigenvalue weighted by Crippen LogP contribution is -2.32. The van der Waals surface area contributed by atoms with E-state index in [4.69, 9.17) is 11.6 Å². The van der Waals surface area contributed by atoms with E-state index in [1.807, 2.05) is 11.7 Å². The van der Waals surface area contributed by atoms with Crippen molar-refractivity contribution in [2.75, 3.05) is 7.05 Å². The second-order valence-corrected chi connectivity index (χ2v) is 6.04. The van der Waals surface area contributed by atoms with Gasteiger partial charge in [0, 0.05) is 13.1 Å². The van der Waals surface area contributed by atoms with E-state index in [9.17, 15) is 0 Å². The van der Waals surface area contributed by atoms with Gasteiger partial charge in [0.1, 0.15) is 0 Å². The summed E-state index contributed by atoms with van der Waals surface area (Å²) in [6.07, 6.45) is 8.64. The Morgan fingerprint density at radius 2 is 2.11 bits per heavy atom. The molecule has 1 aliphatic rings. The van der Waals surface area contributed by atoms with Gasteiger partial charge in [-0.05, 0) is 45.1 Å². The second kappa shape index (κ2) is 6.76. The molecule has 2 rings (SSSR count). The highest BCUT2D eigenvalue weighted by Gasteiger charge is 2.24. The summed E-state index contributed by atoms with van der Waals surface area (Å²) in [6.45, 7) is 2.10. The fraction of sp³-hybridized carbons (Fsp3) is 0.800. The summed E-state index contributed by atoms with van der Waals surface area (Å²) in [5, 5.41) is 8.88. The summed E-state index contributed by atoms with van der Waals surface area (Å²) in [4.78, 5) is 0. The zero-order valence-electron chi connectivity index (χ0n) is 12.4. The number of aromatic nitrogens is 2. The normalized spacial score (nSPS) is 18.1. The molecule has 1 aromatic heterocycles. The van der Waals surface area contributed by atoms with Crippen LogP contribution < -0.4 is 5.32 Å². The molecular weight excluding hydrogens is 258 g/mol. The maximum atomic E-state index is 6.41. The molecule has 1 heterocycles. The van der Waals surface area contributed by atoms with Gasteiger partial charge in [0.15, 0.2) is 0 Å². The van der Waals surface area contributed by atoms with Crippen LogP contribution in [-0.4, -0.2) is 22.9 Å². The maximum absolute atomic E-state index is 6.41. The number of halogens is 1. The molecule has 108 valence electrons. The van der Waals surface area contributed by atoms with Gasteiger partial charge in [0.25, 0.3) is 0 Å². The zero-order valence-corrected chi connectivity index (χ0v) is 13.1. The van der Waals surface area contributed by atoms with E-state index in [0.29, 0.717) is 6.04 Å². The molecule has 4 heteroatoms. The maximum Gasteiger partial charge on any atom is 0.0849 e. The summed E-state index contributed by atoms with van der Waals surface area (Å²) in [5.41, 5.74) is 2.22. The minimum atomic E-state index is 0.624. The van der Waals surface area contributed by atoms with Crippen LogP contribution in [0.15, 0.2) is 0 Å². The summed E-state index contributed by atoms with van der Waals surface area (Å²) in [5.74, 6) is 0.850. The molecule has 0 radical (unpaired) electrons. The Hall–Kier alpha value is -0.540. The minimum absolute atomic E-state index is 0.624. The third-order valence-corrected chi connectivity index (χ3v) is 4.97. The standard InChI is InChI=1S/C15H26ClN3/c1-4-12-15(16)14(19(3)18-12)10-9-13(17-2)11-7-5-6-8-11/h11,13,17H,4-10H2,1-3H3. The van der Waals surface area contributed by atoms with Crippen LogP contribution in [0.5, 0.6) is 0 Å². The molecule has 0 bridgehead atoms. The number of nitrogens with one attached hydrogen (secondary N) is 1. The number of aryl methyl sites for hydroxylation is 2. The molecule has 1 aromatic rings. The van der Waals surface area contributed by atoms with E-state index >= 15 is 0 Å². The largest absolute Gasteiger partial charge is 0.317 e. The van der Waals surface area contributed by atoms with Crippen LogP contribution in [0.2, 0.25) is 5.02 Å². The van der Waals surface area contributed by atoms with Crippen LogP contribution in [-0.2, 0) is 19.9 Å². The Morgan fingerprint density at radius 1 is 1.42 bits per heavy atom. The molecule has 1 saturated carbocycles. The van der Waals surface area contributed by atoms with E-state index in [0.717, 1.165) is 35.9 Å². The van der Waals surface area contributed by atoms with Crippen molar-refractivity contribution in [3.05, 3.63) is 16.4 Å².